The molecule has 1 N–H and O–H groups in total. The van der Waals surface area contributed by atoms with Crippen LogP contribution in [0.15, 0.2) is 24.3 Å². The van der Waals surface area contributed by atoms with E-state index in [-0.39, 0.29) is 18.7 Å². The highest BCUT2D eigenvalue weighted by Crippen LogP contribution is 2.35. The first-order valence-corrected chi connectivity index (χ1v) is 7.82. The van der Waals surface area contributed by atoms with Gasteiger partial charge in [0.05, 0.1) is 5.56 Å². The summed E-state index contributed by atoms with van der Waals surface area (Å²) in [7, 11) is 1.46. The predicted molar refractivity (Wildman–Crippen MR) is 86.0 cm³/mol. The number of rotatable bonds is 3. The van der Waals surface area contributed by atoms with E-state index in [1.54, 1.807) is 20.8 Å². The molecule has 0 spiro atoms. The lowest BCUT2D eigenvalue weighted by molar-refractivity contribution is -0.164. The maximum atomic E-state index is 12.9. The van der Waals surface area contributed by atoms with Crippen molar-refractivity contribution in [3.05, 3.63) is 29.8 Å². The summed E-state index contributed by atoms with van der Waals surface area (Å²) in [5.74, 6) is -1.36. The van der Waals surface area contributed by atoms with Crippen LogP contribution in [0, 0.1) is 0 Å². The highest BCUT2D eigenvalue weighted by atomic mass is 19.4. The molecule has 25 heavy (non-hydrogen) atoms. The molecular weight excluding hydrogens is 337 g/mol. The third-order valence-electron chi connectivity index (χ3n) is 3.98. The van der Waals surface area contributed by atoms with E-state index < -0.39 is 34.8 Å². The van der Waals surface area contributed by atoms with E-state index >= 15 is 0 Å². The molecule has 0 aromatic heterocycles. The minimum atomic E-state index is -4.51. The molecule has 1 saturated heterocycles. The zero-order valence-corrected chi connectivity index (χ0v) is 14.5. The molecule has 1 amide bonds. The zero-order valence-electron chi connectivity index (χ0n) is 14.5. The fourth-order valence-corrected chi connectivity index (χ4v) is 2.70. The van der Waals surface area contributed by atoms with Crippen LogP contribution in [0.3, 0.4) is 0 Å². The quantitative estimate of drug-likeness (QED) is 0.667. The maximum absolute atomic E-state index is 12.9. The first-order valence-electron chi connectivity index (χ1n) is 7.82. The molecule has 1 fully saturated rings. The van der Waals surface area contributed by atoms with Crippen molar-refractivity contribution in [2.75, 3.05) is 18.5 Å². The summed E-state index contributed by atoms with van der Waals surface area (Å²) in [5, 5.41) is 2.71. The zero-order chi connectivity index (χ0) is 19.0. The Morgan fingerprint density at radius 1 is 1.28 bits per heavy atom. The van der Waals surface area contributed by atoms with Gasteiger partial charge in [0.2, 0.25) is 0 Å². The smallest absolute Gasteiger partial charge is 0.416 e. The molecule has 2 rings (SSSR count). The molecule has 138 valence electrons. The lowest BCUT2D eigenvalue weighted by Gasteiger charge is -2.29. The lowest BCUT2D eigenvalue weighted by Crippen LogP contribution is -2.58. The predicted octanol–water partition coefficient (Wildman–Crippen LogP) is 2.74. The average Bonchev–Trinajstić information content (AvgIpc) is 2.83. The highest BCUT2D eigenvalue weighted by molar-refractivity contribution is 6.16. The number of nitrogens with zero attached hydrogens (tertiary/aromatic N) is 1. The summed E-state index contributed by atoms with van der Waals surface area (Å²) in [6.07, 6.45) is -4.41. The van der Waals surface area contributed by atoms with Gasteiger partial charge in [-0.1, -0.05) is 6.07 Å². The molecule has 1 aliphatic heterocycles. The molecule has 8 heteroatoms. The number of alkyl halides is 3. The van der Waals surface area contributed by atoms with Crippen LogP contribution in [0.5, 0.6) is 0 Å². The number of ether oxygens (including phenoxy) is 1. The number of amides is 1. The topological polar surface area (TPSA) is 58.6 Å². The van der Waals surface area contributed by atoms with Crippen LogP contribution in [0.25, 0.3) is 0 Å². The molecule has 1 aromatic rings. The Kier molecular flexibility index (Phi) is 4.87. The molecule has 0 saturated carbocycles. The van der Waals surface area contributed by atoms with Crippen LogP contribution in [0.4, 0.5) is 18.9 Å². The Morgan fingerprint density at radius 2 is 1.92 bits per heavy atom. The van der Waals surface area contributed by atoms with Gasteiger partial charge in [-0.05, 0) is 46.0 Å². The number of carbonyl (C=O) groups excluding carboxylic acids is 2. The minimum Gasteiger partial charge on any atom is -0.458 e. The SMILES string of the molecule is CNC1(C(=O)OC(C)(C)C)CCN(c2cccc(C(F)(F)F)c2)C1=O. The van der Waals surface area contributed by atoms with Gasteiger partial charge < -0.3 is 9.64 Å². The van der Waals surface area contributed by atoms with Crippen molar-refractivity contribution in [2.45, 2.75) is 44.5 Å². The average molecular weight is 358 g/mol. The molecule has 1 aliphatic rings. The number of nitrogens with one attached hydrogen (secondary N) is 1. The van der Waals surface area contributed by atoms with Gasteiger partial charge in [0.1, 0.15) is 5.60 Å². The number of halogens is 3. The molecule has 1 heterocycles. The number of hydrogen-bond acceptors (Lipinski definition) is 4. The number of hydrogen-bond donors (Lipinski definition) is 1. The van der Waals surface area contributed by atoms with Crippen LogP contribution in [-0.4, -0.2) is 36.6 Å². The third-order valence-corrected chi connectivity index (χ3v) is 3.98. The van der Waals surface area contributed by atoms with Crippen LogP contribution in [0.2, 0.25) is 0 Å². The fraction of sp³-hybridized carbons (Fsp3) is 0.529. The summed E-state index contributed by atoms with van der Waals surface area (Å²) >= 11 is 0. The second-order valence-electron chi connectivity index (χ2n) is 6.91. The van der Waals surface area contributed by atoms with Crippen molar-refractivity contribution in [1.29, 1.82) is 0 Å². The Bertz CT molecular complexity index is 682. The monoisotopic (exact) mass is 358 g/mol. The number of likely N-dealkylation sites (N-methyl/N-ethyl adjacent to an activating group) is 1. The second-order valence-corrected chi connectivity index (χ2v) is 6.91. The lowest BCUT2D eigenvalue weighted by atomic mass is 9.97. The minimum absolute atomic E-state index is 0.0977. The van der Waals surface area contributed by atoms with E-state index in [1.165, 1.54) is 24.1 Å². The van der Waals surface area contributed by atoms with Crippen molar-refractivity contribution < 1.29 is 27.5 Å². The summed E-state index contributed by atoms with van der Waals surface area (Å²) in [6.45, 7) is 5.15. The standard InChI is InChI=1S/C17H21F3N2O3/c1-15(2,3)25-14(24)16(21-4)8-9-22(13(16)23)12-7-5-6-11(10-12)17(18,19)20/h5-7,10,21H,8-9H2,1-4H3. The van der Waals surface area contributed by atoms with Crippen LogP contribution >= 0.6 is 0 Å². The molecule has 0 aliphatic carbocycles. The Hall–Kier alpha value is -2.09. The summed E-state index contributed by atoms with van der Waals surface area (Å²) in [6, 6.07) is 4.48. The third kappa shape index (κ3) is 3.78. The Balaban J connectivity index is 2.33. The van der Waals surface area contributed by atoms with E-state index in [1.807, 2.05) is 0 Å². The number of anilines is 1. The van der Waals surface area contributed by atoms with Gasteiger partial charge in [0.25, 0.3) is 5.91 Å². The fourth-order valence-electron chi connectivity index (χ4n) is 2.70. The number of esters is 1. The first kappa shape index (κ1) is 19.2. The molecule has 0 radical (unpaired) electrons. The van der Waals surface area contributed by atoms with Crippen molar-refractivity contribution in [2.24, 2.45) is 0 Å². The summed E-state index contributed by atoms with van der Waals surface area (Å²) in [5.41, 5.74) is -3.13. The molecule has 1 aromatic carbocycles. The van der Waals surface area contributed by atoms with E-state index in [4.69, 9.17) is 4.74 Å². The number of carbonyl (C=O) groups is 2. The molecular formula is C17H21F3N2O3. The van der Waals surface area contributed by atoms with Crippen molar-refractivity contribution in [1.82, 2.24) is 5.32 Å². The van der Waals surface area contributed by atoms with Gasteiger partial charge in [0, 0.05) is 18.7 Å². The number of benzene rings is 1. The Labute approximate surface area is 144 Å². The molecule has 1 unspecified atom stereocenters. The van der Waals surface area contributed by atoms with E-state index in [2.05, 4.69) is 5.32 Å². The van der Waals surface area contributed by atoms with Gasteiger partial charge in [0.15, 0.2) is 5.54 Å². The van der Waals surface area contributed by atoms with Gasteiger partial charge in [-0.2, -0.15) is 13.2 Å². The van der Waals surface area contributed by atoms with Gasteiger partial charge in [-0.3, -0.25) is 10.1 Å². The van der Waals surface area contributed by atoms with Gasteiger partial charge >= 0.3 is 12.1 Å². The van der Waals surface area contributed by atoms with E-state index in [0.717, 1.165) is 12.1 Å². The molecule has 5 nitrogen and oxygen atoms in total. The normalized spacial score (nSPS) is 21.6. The van der Waals surface area contributed by atoms with Crippen LogP contribution in [-0.2, 0) is 20.5 Å². The second kappa shape index (κ2) is 6.33. The van der Waals surface area contributed by atoms with Crippen molar-refractivity contribution in [3.8, 4) is 0 Å². The summed E-state index contributed by atoms with van der Waals surface area (Å²) in [4.78, 5) is 26.5. The van der Waals surface area contributed by atoms with Crippen LogP contribution in [0.1, 0.15) is 32.8 Å². The van der Waals surface area contributed by atoms with Crippen molar-refractivity contribution in [3.63, 3.8) is 0 Å². The Morgan fingerprint density at radius 3 is 2.44 bits per heavy atom. The van der Waals surface area contributed by atoms with Crippen molar-refractivity contribution >= 4 is 17.6 Å². The van der Waals surface area contributed by atoms with Crippen LogP contribution < -0.4 is 10.2 Å². The summed E-state index contributed by atoms with van der Waals surface area (Å²) < 4.78 is 44.0. The largest absolute Gasteiger partial charge is 0.458 e. The van der Waals surface area contributed by atoms with Gasteiger partial charge in [-0.25, -0.2) is 4.79 Å². The maximum Gasteiger partial charge on any atom is 0.416 e. The molecule has 0 bridgehead atoms. The van der Waals surface area contributed by atoms with E-state index in [0.29, 0.717) is 0 Å². The highest BCUT2D eigenvalue weighted by Gasteiger charge is 2.54. The molecule has 1 atom stereocenters. The van der Waals surface area contributed by atoms with E-state index in [9.17, 15) is 22.8 Å². The first-order chi connectivity index (χ1) is 11.4. The van der Waals surface area contributed by atoms with Gasteiger partial charge in [-0.15, -0.1) is 0 Å².